The average Bonchev–Trinajstić information content (AvgIpc) is 2.42. The molecule has 0 amide bonds. The van der Waals surface area contributed by atoms with Crippen molar-refractivity contribution in [1.82, 2.24) is 0 Å². The fraction of sp³-hybridized carbons (Fsp3) is 0.125. The first-order valence-electron chi connectivity index (χ1n) is 6.02. The summed E-state index contributed by atoms with van der Waals surface area (Å²) in [5, 5.41) is 11.6. The molecule has 1 atom stereocenters. The molecule has 2 aromatic rings. The number of nitrogens with two attached hydrogens (primary N) is 1. The minimum absolute atomic E-state index is 0.363. The fourth-order valence-corrected chi connectivity index (χ4v) is 2.36. The third-order valence-electron chi connectivity index (χ3n) is 3.15. The van der Waals surface area contributed by atoms with E-state index in [0.29, 0.717) is 22.7 Å². The summed E-state index contributed by atoms with van der Waals surface area (Å²) in [6.07, 6.45) is 2.04. The second kappa shape index (κ2) is 5.47. The molecule has 0 spiro atoms. The summed E-state index contributed by atoms with van der Waals surface area (Å²) in [5.41, 5.74) is 6.66. The lowest BCUT2D eigenvalue weighted by atomic mass is 9.83. The lowest BCUT2D eigenvalue weighted by Crippen LogP contribution is -2.27. The van der Waals surface area contributed by atoms with E-state index in [9.17, 15) is 5.11 Å². The molecule has 0 aliphatic heterocycles. The second-order valence-corrected chi connectivity index (χ2v) is 4.89. The van der Waals surface area contributed by atoms with Gasteiger partial charge in [0, 0.05) is 22.7 Å². The van der Waals surface area contributed by atoms with E-state index < -0.39 is 5.60 Å². The van der Waals surface area contributed by atoms with E-state index in [1.54, 1.807) is 24.3 Å². The number of aliphatic hydroxyl groups is 1. The molecule has 2 nitrogen and oxygen atoms in total. The molecule has 0 aromatic heterocycles. The van der Waals surface area contributed by atoms with E-state index >= 15 is 0 Å². The summed E-state index contributed by atoms with van der Waals surface area (Å²) in [7, 11) is 0. The summed E-state index contributed by atoms with van der Waals surface area (Å²) in [5.74, 6) is 0. The van der Waals surface area contributed by atoms with Crippen LogP contribution in [0, 0.1) is 0 Å². The Balaban J connectivity index is 2.62. The van der Waals surface area contributed by atoms with Crippen LogP contribution in [0.4, 0.5) is 5.69 Å². The van der Waals surface area contributed by atoms with E-state index in [-0.39, 0.29) is 0 Å². The molecule has 2 rings (SSSR count). The number of anilines is 1. The van der Waals surface area contributed by atoms with Crippen molar-refractivity contribution in [2.24, 2.45) is 0 Å². The number of nitrogen functional groups attached to an aromatic ring is 1. The zero-order valence-corrected chi connectivity index (χ0v) is 11.3. The first-order valence-corrected chi connectivity index (χ1v) is 6.40. The van der Waals surface area contributed by atoms with Crippen LogP contribution in [0.15, 0.2) is 61.2 Å². The SMILES string of the molecule is C=CCC(O)(c1ccccc1)c1cc(Cl)ccc1N. The molecule has 19 heavy (non-hydrogen) atoms. The van der Waals surface area contributed by atoms with E-state index in [2.05, 4.69) is 6.58 Å². The van der Waals surface area contributed by atoms with Crippen LogP contribution in [0.2, 0.25) is 5.02 Å². The van der Waals surface area contributed by atoms with E-state index in [1.807, 2.05) is 30.3 Å². The molecule has 98 valence electrons. The van der Waals surface area contributed by atoms with Gasteiger partial charge in [-0.25, -0.2) is 0 Å². The van der Waals surface area contributed by atoms with Crippen LogP contribution in [-0.2, 0) is 5.60 Å². The summed E-state index contributed by atoms with van der Waals surface area (Å²) in [6, 6.07) is 14.5. The maximum Gasteiger partial charge on any atom is 0.120 e. The number of halogens is 1. The molecule has 0 aliphatic carbocycles. The Morgan fingerprint density at radius 2 is 1.89 bits per heavy atom. The fourth-order valence-electron chi connectivity index (χ4n) is 2.19. The highest BCUT2D eigenvalue weighted by atomic mass is 35.5. The third kappa shape index (κ3) is 2.65. The van der Waals surface area contributed by atoms with Gasteiger partial charge < -0.3 is 10.8 Å². The Labute approximate surface area is 118 Å². The van der Waals surface area contributed by atoms with Crippen LogP contribution in [-0.4, -0.2) is 5.11 Å². The molecule has 3 heteroatoms. The predicted molar refractivity (Wildman–Crippen MR) is 80.1 cm³/mol. The number of benzene rings is 2. The minimum Gasteiger partial charge on any atom is -0.398 e. The van der Waals surface area contributed by atoms with Gasteiger partial charge in [-0.05, 0) is 23.8 Å². The molecule has 0 radical (unpaired) electrons. The van der Waals surface area contributed by atoms with Gasteiger partial charge in [0.15, 0.2) is 0 Å². The zero-order valence-electron chi connectivity index (χ0n) is 10.5. The van der Waals surface area contributed by atoms with Crippen molar-refractivity contribution in [3.8, 4) is 0 Å². The van der Waals surface area contributed by atoms with Gasteiger partial charge in [-0.3, -0.25) is 0 Å². The third-order valence-corrected chi connectivity index (χ3v) is 3.39. The van der Waals surface area contributed by atoms with Gasteiger partial charge in [0.25, 0.3) is 0 Å². The zero-order chi connectivity index (χ0) is 13.9. The molecule has 3 N–H and O–H groups in total. The Hall–Kier alpha value is -1.77. The molecule has 0 fully saturated rings. The van der Waals surface area contributed by atoms with E-state index in [0.717, 1.165) is 5.56 Å². The normalized spacial score (nSPS) is 13.8. The van der Waals surface area contributed by atoms with Crippen LogP contribution >= 0.6 is 11.6 Å². The molecular weight excluding hydrogens is 258 g/mol. The highest BCUT2D eigenvalue weighted by Crippen LogP contribution is 2.37. The van der Waals surface area contributed by atoms with Crippen LogP contribution in [0.1, 0.15) is 17.5 Å². The van der Waals surface area contributed by atoms with Crippen molar-refractivity contribution >= 4 is 17.3 Å². The van der Waals surface area contributed by atoms with Crippen molar-refractivity contribution < 1.29 is 5.11 Å². The second-order valence-electron chi connectivity index (χ2n) is 4.45. The van der Waals surface area contributed by atoms with Crippen LogP contribution in [0.3, 0.4) is 0 Å². The Morgan fingerprint density at radius 3 is 2.53 bits per heavy atom. The van der Waals surface area contributed by atoms with Crippen molar-refractivity contribution in [2.45, 2.75) is 12.0 Å². The lowest BCUT2D eigenvalue weighted by Gasteiger charge is -2.29. The van der Waals surface area contributed by atoms with Gasteiger partial charge in [0.1, 0.15) is 5.60 Å². The van der Waals surface area contributed by atoms with Crippen molar-refractivity contribution in [3.63, 3.8) is 0 Å². The summed E-state index contributed by atoms with van der Waals surface area (Å²) in [4.78, 5) is 0. The van der Waals surface area contributed by atoms with Gasteiger partial charge in [-0.2, -0.15) is 0 Å². The summed E-state index contributed by atoms with van der Waals surface area (Å²) >= 11 is 6.02. The molecule has 0 saturated carbocycles. The summed E-state index contributed by atoms with van der Waals surface area (Å²) < 4.78 is 0. The van der Waals surface area contributed by atoms with Gasteiger partial charge in [-0.1, -0.05) is 48.0 Å². The Morgan fingerprint density at radius 1 is 1.21 bits per heavy atom. The highest BCUT2D eigenvalue weighted by Gasteiger charge is 2.32. The molecular formula is C16H16ClNO. The average molecular weight is 274 g/mol. The number of rotatable bonds is 4. The van der Waals surface area contributed by atoms with E-state index in [4.69, 9.17) is 17.3 Å². The lowest BCUT2D eigenvalue weighted by molar-refractivity contribution is 0.0850. The molecule has 1 unspecified atom stereocenters. The Kier molecular flexibility index (Phi) is 3.93. The highest BCUT2D eigenvalue weighted by molar-refractivity contribution is 6.30. The molecule has 0 bridgehead atoms. The molecule has 2 aromatic carbocycles. The van der Waals surface area contributed by atoms with Crippen LogP contribution in [0.5, 0.6) is 0 Å². The maximum absolute atomic E-state index is 11.0. The van der Waals surface area contributed by atoms with Gasteiger partial charge in [0.05, 0.1) is 0 Å². The number of hydrogen-bond acceptors (Lipinski definition) is 2. The molecule has 0 saturated heterocycles. The van der Waals surface area contributed by atoms with Gasteiger partial charge in [0.2, 0.25) is 0 Å². The van der Waals surface area contributed by atoms with Crippen LogP contribution in [0.25, 0.3) is 0 Å². The number of hydrogen-bond donors (Lipinski definition) is 2. The Bertz CT molecular complexity index is 583. The van der Waals surface area contributed by atoms with Crippen molar-refractivity contribution in [1.29, 1.82) is 0 Å². The summed E-state index contributed by atoms with van der Waals surface area (Å²) in [6.45, 7) is 3.71. The quantitative estimate of drug-likeness (QED) is 0.659. The van der Waals surface area contributed by atoms with Crippen LogP contribution < -0.4 is 5.73 Å². The van der Waals surface area contributed by atoms with Crippen molar-refractivity contribution in [3.05, 3.63) is 77.3 Å². The maximum atomic E-state index is 11.0. The van der Waals surface area contributed by atoms with Crippen molar-refractivity contribution in [2.75, 3.05) is 5.73 Å². The van der Waals surface area contributed by atoms with Gasteiger partial charge in [-0.15, -0.1) is 6.58 Å². The first-order chi connectivity index (χ1) is 9.08. The van der Waals surface area contributed by atoms with Gasteiger partial charge >= 0.3 is 0 Å². The standard InChI is InChI=1S/C16H16ClNO/c1-2-10-16(19,12-6-4-3-5-7-12)14-11-13(17)8-9-15(14)18/h2-9,11,19H,1,10,18H2. The largest absolute Gasteiger partial charge is 0.398 e. The minimum atomic E-state index is -1.21. The topological polar surface area (TPSA) is 46.2 Å². The molecule has 0 aliphatic rings. The monoisotopic (exact) mass is 273 g/mol. The molecule has 0 heterocycles. The first kappa shape index (κ1) is 13.7. The van der Waals surface area contributed by atoms with E-state index in [1.165, 1.54) is 0 Å². The predicted octanol–water partition coefficient (Wildman–Crippen LogP) is 3.73. The smallest absolute Gasteiger partial charge is 0.120 e.